The molecule has 9 rings (SSSR count). The van der Waals surface area contributed by atoms with Crippen LogP contribution in [0.1, 0.15) is 0 Å². The van der Waals surface area contributed by atoms with Crippen LogP contribution in [0, 0.1) is 0 Å². The standard InChI is InChI=1S/C36H21N3OS/c1-2-9-23(10-3-1)32-35-33(27-18-19-30-31(34(27)40-35)26-11-5-7-13-29(26)41-30)38-36(37-32)24-14-16-25(17-15-24)39-21-20-22-8-4-6-12-28(22)39/h1-21H. The SMILES string of the molecule is c1ccc(-c2nc(-c3ccc(-n4ccc5ccccc54)cc3)nc3c2oc2c3ccc3sc4ccccc4c32)cc1. The second-order valence-electron chi connectivity index (χ2n) is 10.2. The van der Waals surface area contributed by atoms with Gasteiger partial charge < -0.3 is 8.98 Å². The Morgan fingerprint density at radius 3 is 2.29 bits per heavy atom. The first kappa shape index (κ1) is 22.5. The van der Waals surface area contributed by atoms with E-state index >= 15 is 0 Å². The monoisotopic (exact) mass is 543 g/mol. The van der Waals surface area contributed by atoms with Gasteiger partial charge in [-0.15, -0.1) is 11.3 Å². The third-order valence-corrected chi connectivity index (χ3v) is 9.01. The molecule has 0 saturated carbocycles. The lowest BCUT2D eigenvalue weighted by molar-refractivity contribution is 0.671. The van der Waals surface area contributed by atoms with E-state index in [-0.39, 0.29) is 0 Å². The Labute approximate surface area is 238 Å². The second-order valence-corrected chi connectivity index (χ2v) is 11.3. The number of rotatable bonds is 3. The van der Waals surface area contributed by atoms with E-state index in [4.69, 9.17) is 14.4 Å². The van der Waals surface area contributed by atoms with Crippen LogP contribution in [0.15, 0.2) is 132 Å². The first-order chi connectivity index (χ1) is 20.3. The van der Waals surface area contributed by atoms with Crippen molar-refractivity contribution < 1.29 is 4.42 Å². The van der Waals surface area contributed by atoms with Crippen molar-refractivity contribution >= 4 is 64.5 Å². The van der Waals surface area contributed by atoms with Crippen molar-refractivity contribution in [3.63, 3.8) is 0 Å². The van der Waals surface area contributed by atoms with E-state index in [9.17, 15) is 0 Å². The Morgan fingerprint density at radius 1 is 0.585 bits per heavy atom. The number of hydrogen-bond acceptors (Lipinski definition) is 4. The topological polar surface area (TPSA) is 43.9 Å². The van der Waals surface area contributed by atoms with E-state index in [0.29, 0.717) is 11.4 Å². The van der Waals surface area contributed by atoms with Crippen molar-refractivity contribution in [1.82, 2.24) is 14.5 Å². The molecule has 0 spiro atoms. The Morgan fingerprint density at radius 2 is 1.39 bits per heavy atom. The van der Waals surface area contributed by atoms with Crippen LogP contribution >= 0.6 is 11.3 Å². The summed E-state index contributed by atoms with van der Waals surface area (Å²) in [6.45, 7) is 0. The van der Waals surface area contributed by atoms with Crippen LogP contribution in [-0.2, 0) is 0 Å². The molecule has 9 aromatic rings. The van der Waals surface area contributed by atoms with E-state index in [1.807, 2.05) is 18.2 Å². The molecule has 0 unspecified atom stereocenters. The third kappa shape index (κ3) is 3.39. The highest BCUT2D eigenvalue weighted by atomic mass is 32.1. The number of thiophene rings is 1. The number of hydrogen-bond donors (Lipinski definition) is 0. The van der Waals surface area contributed by atoms with Crippen LogP contribution in [-0.4, -0.2) is 14.5 Å². The first-order valence-electron chi connectivity index (χ1n) is 13.6. The molecule has 5 aromatic carbocycles. The van der Waals surface area contributed by atoms with E-state index in [2.05, 4.69) is 114 Å². The smallest absolute Gasteiger partial charge is 0.180 e. The zero-order valence-corrected chi connectivity index (χ0v) is 22.6. The maximum absolute atomic E-state index is 6.70. The van der Waals surface area contributed by atoms with Crippen LogP contribution in [0.3, 0.4) is 0 Å². The first-order valence-corrected chi connectivity index (χ1v) is 14.4. The van der Waals surface area contributed by atoms with Crippen LogP contribution in [0.2, 0.25) is 0 Å². The summed E-state index contributed by atoms with van der Waals surface area (Å²) in [7, 11) is 0. The van der Waals surface area contributed by atoms with Crippen molar-refractivity contribution in [2.24, 2.45) is 0 Å². The van der Waals surface area contributed by atoms with Gasteiger partial charge in [-0.25, -0.2) is 9.97 Å². The summed E-state index contributed by atoms with van der Waals surface area (Å²) >= 11 is 1.79. The van der Waals surface area contributed by atoms with Crippen LogP contribution < -0.4 is 0 Å². The zero-order chi connectivity index (χ0) is 26.9. The number of aromatic nitrogens is 3. The van der Waals surface area contributed by atoms with E-state index in [1.165, 1.54) is 25.7 Å². The minimum absolute atomic E-state index is 0.679. The lowest BCUT2D eigenvalue weighted by Crippen LogP contribution is -1.95. The summed E-state index contributed by atoms with van der Waals surface area (Å²) < 4.78 is 11.4. The summed E-state index contributed by atoms with van der Waals surface area (Å²) in [6.07, 6.45) is 2.11. The van der Waals surface area contributed by atoms with Gasteiger partial charge in [0.15, 0.2) is 11.4 Å². The zero-order valence-electron chi connectivity index (χ0n) is 21.8. The van der Waals surface area contributed by atoms with Crippen molar-refractivity contribution in [2.75, 3.05) is 0 Å². The highest BCUT2D eigenvalue weighted by Gasteiger charge is 2.21. The Balaban J connectivity index is 1.28. The fourth-order valence-corrected chi connectivity index (χ4v) is 7.01. The molecule has 0 radical (unpaired) electrons. The fourth-order valence-electron chi connectivity index (χ4n) is 5.91. The molecule has 0 aliphatic rings. The maximum atomic E-state index is 6.70. The van der Waals surface area contributed by atoms with E-state index in [0.717, 1.165) is 44.4 Å². The molecule has 0 aliphatic carbocycles. The summed E-state index contributed by atoms with van der Waals surface area (Å²) in [5.41, 5.74) is 7.46. The van der Waals surface area contributed by atoms with Gasteiger partial charge >= 0.3 is 0 Å². The fraction of sp³-hybridized carbons (Fsp3) is 0. The lowest BCUT2D eigenvalue weighted by Gasteiger charge is -2.08. The molecule has 5 heteroatoms. The molecule has 0 N–H and O–H groups in total. The predicted octanol–water partition coefficient (Wildman–Crippen LogP) is 10.0. The molecule has 192 valence electrons. The normalized spacial score (nSPS) is 11.9. The van der Waals surface area contributed by atoms with Crippen LogP contribution in [0.5, 0.6) is 0 Å². The van der Waals surface area contributed by atoms with Gasteiger partial charge in [0.05, 0.1) is 5.52 Å². The summed E-state index contributed by atoms with van der Waals surface area (Å²) in [5, 5.41) is 4.58. The Bertz CT molecular complexity index is 2410. The average molecular weight is 544 g/mol. The molecule has 0 atom stereocenters. The van der Waals surface area contributed by atoms with Gasteiger partial charge in [0.1, 0.15) is 16.8 Å². The van der Waals surface area contributed by atoms with Crippen molar-refractivity contribution in [3.05, 3.63) is 128 Å². The molecular formula is C36H21N3OS. The number of furan rings is 1. The lowest BCUT2D eigenvalue weighted by atomic mass is 10.1. The summed E-state index contributed by atoms with van der Waals surface area (Å²) in [6, 6.07) is 42.1. The van der Waals surface area contributed by atoms with Gasteiger partial charge in [0, 0.05) is 48.6 Å². The second kappa shape index (κ2) is 8.62. The molecule has 0 bridgehead atoms. The summed E-state index contributed by atoms with van der Waals surface area (Å²) in [5.74, 6) is 0.679. The number of nitrogens with zero attached hydrogens (tertiary/aromatic N) is 3. The summed E-state index contributed by atoms with van der Waals surface area (Å²) in [4.78, 5) is 10.2. The molecule has 4 aromatic heterocycles. The number of para-hydroxylation sites is 1. The van der Waals surface area contributed by atoms with Gasteiger partial charge in [-0.2, -0.15) is 0 Å². The van der Waals surface area contributed by atoms with E-state index < -0.39 is 0 Å². The quantitative estimate of drug-likeness (QED) is 0.223. The average Bonchev–Trinajstić information content (AvgIpc) is 3.74. The van der Waals surface area contributed by atoms with Crippen LogP contribution in [0.4, 0.5) is 0 Å². The molecule has 0 aliphatic heterocycles. The van der Waals surface area contributed by atoms with Crippen molar-refractivity contribution in [1.29, 1.82) is 0 Å². The molecule has 0 saturated heterocycles. The highest BCUT2D eigenvalue weighted by molar-refractivity contribution is 7.26. The number of benzene rings is 5. The predicted molar refractivity (Wildman–Crippen MR) is 170 cm³/mol. The van der Waals surface area contributed by atoms with E-state index in [1.54, 1.807) is 11.3 Å². The minimum Gasteiger partial charge on any atom is -0.451 e. The van der Waals surface area contributed by atoms with Gasteiger partial charge in [0.2, 0.25) is 0 Å². The van der Waals surface area contributed by atoms with Gasteiger partial charge in [-0.05, 0) is 60.0 Å². The van der Waals surface area contributed by atoms with Crippen LogP contribution in [0.25, 0.3) is 81.5 Å². The largest absolute Gasteiger partial charge is 0.451 e. The molecule has 0 fully saturated rings. The molecular weight excluding hydrogens is 522 g/mol. The highest BCUT2D eigenvalue weighted by Crippen LogP contribution is 2.43. The third-order valence-electron chi connectivity index (χ3n) is 7.87. The van der Waals surface area contributed by atoms with Gasteiger partial charge in [0.25, 0.3) is 0 Å². The molecule has 0 amide bonds. The van der Waals surface area contributed by atoms with Crippen molar-refractivity contribution in [2.45, 2.75) is 0 Å². The number of fused-ring (bicyclic) bond motifs is 8. The molecule has 41 heavy (non-hydrogen) atoms. The Hall–Kier alpha value is -5.26. The molecule has 4 heterocycles. The Kier molecular flexibility index (Phi) is 4.74. The molecule has 4 nitrogen and oxygen atoms in total. The maximum Gasteiger partial charge on any atom is 0.180 e. The van der Waals surface area contributed by atoms with Gasteiger partial charge in [-0.3, -0.25) is 0 Å². The minimum atomic E-state index is 0.679. The van der Waals surface area contributed by atoms with Gasteiger partial charge in [-0.1, -0.05) is 66.7 Å². The van der Waals surface area contributed by atoms with Crippen molar-refractivity contribution in [3.8, 4) is 28.3 Å².